The minimum atomic E-state index is 1.23. The molecular weight excluding hydrogens is 102 g/mol. The molecule has 0 saturated heterocycles. The van der Waals surface area contributed by atoms with Crippen molar-refractivity contribution in [1.82, 2.24) is 16.4 Å². The molecule has 0 aromatic carbocycles. The molecule has 0 saturated carbocycles. The predicted molar refractivity (Wildman–Crippen MR) is 34.8 cm³/mol. The highest BCUT2D eigenvalue weighted by Gasteiger charge is 1.71. The van der Waals surface area contributed by atoms with Crippen molar-refractivity contribution in [2.24, 2.45) is 0 Å². The normalized spacial score (nSPS) is 8.38. The van der Waals surface area contributed by atoms with Gasteiger partial charge in [-0.2, -0.15) is 5.53 Å². The summed E-state index contributed by atoms with van der Waals surface area (Å²) in [6.07, 6.45) is 1.87. The van der Waals surface area contributed by atoms with Crippen molar-refractivity contribution in [3.05, 3.63) is 11.8 Å². The van der Waals surface area contributed by atoms with Crippen molar-refractivity contribution in [2.75, 3.05) is 7.05 Å². The van der Waals surface area contributed by atoms with Crippen LogP contribution < -0.4 is 16.4 Å². The topological polar surface area (TPSA) is 36.1 Å². The van der Waals surface area contributed by atoms with Gasteiger partial charge in [-0.3, -0.25) is 0 Å². The van der Waals surface area contributed by atoms with Crippen molar-refractivity contribution < 1.29 is 0 Å². The maximum Gasteiger partial charge on any atom is 0.0125 e. The Labute approximate surface area is 50.1 Å². The van der Waals surface area contributed by atoms with Gasteiger partial charge in [0.2, 0.25) is 0 Å². The third kappa shape index (κ3) is 5.46. The van der Waals surface area contributed by atoms with Gasteiger partial charge in [0.15, 0.2) is 0 Å². The van der Waals surface area contributed by atoms with E-state index in [1.807, 2.05) is 20.0 Å². The van der Waals surface area contributed by atoms with E-state index in [9.17, 15) is 0 Å². The van der Waals surface area contributed by atoms with Crippen LogP contribution in [0.2, 0.25) is 0 Å². The van der Waals surface area contributed by atoms with E-state index in [0.29, 0.717) is 0 Å². The number of hydrazine groups is 2. The van der Waals surface area contributed by atoms with E-state index in [1.54, 1.807) is 7.05 Å². The second-order valence-corrected chi connectivity index (χ2v) is 1.74. The van der Waals surface area contributed by atoms with E-state index >= 15 is 0 Å². The Hall–Kier alpha value is -0.540. The zero-order chi connectivity index (χ0) is 6.41. The molecular formula is C5H13N3. The molecule has 48 valence electrons. The third-order valence-corrected chi connectivity index (χ3v) is 0.558. The lowest BCUT2D eigenvalue weighted by atomic mass is 10.4. The fourth-order valence-corrected chi connectivity index (χ4v) is 0.253. The molecule has 8 heavy (non-hydrogen) atoms. The van der Waals surface area contributed by atoms with Gasteiger partial charge in [0.25, 0.3) is 0 Å². The Morgan fingerprint density at radius 1 is 1.38 bits per heavy atom. The lowest BCUT2D eigenvalue weighted by Crippen LogP contribution is -2.37. The van der Waals surface area contributed by atoms with Gasteiger partial charge in [0.1, 0.15) is 0 Å². The lowest BCUT2D eigenvalue weighted by molar-refractivity contribution is 0.539. The van der Waals surface area contributed by atoms with Crippen LogP contribution in [0.25, 0.3) is 0 Å². The van der Waals surface area contributed by atoms with E-state index in [-0.39, 0.29) is 0 Å². The van der Waals surface area contributed by atoms with Crippen LogP contribution in [0.4, 0.5) is 0 Å². The summed E-state index contributed by atoms with van der Waals surface area (Å²) in [7, 11) is 1.80. The first-order valence-corrected chi connectivity index (χ1v) is 2.58. The first kappa shape index (κ1) is 7.46. The Bertz CT molecular complexity index is 73.7. The molecule has 0 rings (SSSR count). The zero-order valence-corrected chi connectivity index (χ0v) is 5.58. The molecule has 0 aromatic heterocycles. The van der Waals surface area contributed by atoms with Crippen LogP contribution in [-0.2, 0) is 0 Å². The van der Waals surface area contributed by atoms with E-state index in [4.69, 9.17) is 0 Å². The Balaban J connectivity index is 3.03. The number of nitrogens with one attached hydrogen (secondary N) is 3. The van der Waals surface area contributed by atoms with Gasteiger partial charge in [-0.25, -0.2) is 5.43 Å². The number of hydrogen-bond acceptors (Lipinski definition) is 3. The number of allylic oxidation sites excluding steroid dienone is 1. The summed E-state index contributed by atoms with van der Waals surface area (Å²) in [6.45, 7) is 4.04. The molecule has 0 aliphatic heterocycles. The van der Waals surface area contributed by atoms with E-state index in [0.717, 1.165) is 0 Å². The fraction of sp³-hybridized carbons (Fsp3) is 0.600. The molecule has 0 bridgehead atoms. The zero-order valence-electron chi connectivity index (χ0n) is 5.58. The SMILES string of the molecule is CNNNC=C(C)C. The minimum absolute atomic E-state index is 1.23. The molecule has 0 unspecified atom stereocenters. The molecule has 0 heterocycles. The van der Waals surface area contributed by atoms with Gasteiger partial charge in [-0.15, -0.1) is 0 Å². The highest BCUT2D eigenvalue weighted by atomic mass is 15.6. The molecule has 0 atom stereocenters. The fourth-order valence-electron chi connectivity index (χ4n) is 0.253. The summed E-state index contributed by atoms with van der Waals surface area (Å²) < 4.78 is 0. The van der Waals surface area contributed by atoms with Crippen molar-refractivity contribution in [3.63, 3.8) is 0 Å². The van der Waals surface area contributed by atoms with Gasteiger partial charge < -0.3 is 5.43 Å². The van der Waals surface area contributed by atoms with Crippen molar-refractivity contribution >= 4 is 0 Å². The second-order valence-electron chi connectivity index (χ2n) is 1.74. The summed E-state index contributed by atoms with van der Waals surface area (Å²) in [6, 6.07) is 0. The van der Waals surface area contributed by atoms with Gasteiger partial charge in [0.05, 0.1) is 0 Å². The maximum atomic E-state index is 2.81. The average Bonchev–Trinajstić information content (AvgIpc) is 1.66. The van der Waals surface area contributed by atoms with Gasteiger partial charge in [-0.05, 0) is 13.8 Å². The third-order valence-electron chi connectivity index (χ3n) is 0.558. The first-order valence-electron chi connectivity index (χ1n) is 2.58. The van der Waals surface area contributed by atoms with E-state index in [2.05, 4.69) is 16.4 Å². The average molecular weight is 115 g/mol. The standard InChI is InChI=1S/C5H13N3/c1-5(2)4-7-8-6-3/h4,6-8H,1-3H3. The second kappa shape index (κ2) is 4.61. The van der Waals surface area contributed by atoms with E-state index in [1.165, 1.54) is 5.57 Å². The predicted octanol–water partition coefficient (Wildman–Crippen LogP) is 0.139. The summed E-state index contributed by atoms with van der Waals surface area (Å²) in [5.41, 5.74) is 9.46. The van der Waals surface area contributed by atoms with Crippen LogP contribution in [-0.4, -0.2) is 7.05 Å². The molecule has 0 spiro atoms. The van der Waals surface area contributed by atoms with Crippen LogP contribution in [0.3, 0.4) is 0 Å². The first-order chi connectivity index (χ1) is 3.77. The number of hydrogen-bond donors (Lipinski definition) is 3. The molecule has 3 nitrogen and oxygen atoms in total. The largest absolute Gasteiger partial charge is 0.316 e. The molecule has 0 fully saturated rings. The highest BCUT2D eigenvalue weighted by Crippen LogP contribution is 1.80. The molecule has 3 N–H and O–H groups in total. The lowest BCUT2D eigenvalue weighted by Gasteiger charge is -1.99. The number of rotatable bonds is 3. The molecule has 0 radical (unpaired) electrons. The van der Waals surface area contributed by atoms with Crippen LogP contribution >= 0.6 is 0 Å². The van der Waals surface area contributed by atoms with Gasteiger partial charge >= 0.3 is 0 Å². The van der Waals surface area contributed by atoms with Crippen LogP contribution in [0.5, 0.6) is 0 Å². The van der Waals surface area contributed by atoms with Crippen LogP contribution in [0, 0.1) is 0 Å². The van der Waals surface area contributed by atoms with Crippen LogP contribution in [0.1, 0.15) is 13.8 Å². The Morgan fingerprint density at radius 3 is 2.38 bits per heavy atom. The quantitative estimate of drug-likeness (QED) is 0.361. The van der Waals surface area contributed by atoms with Crippen molar-refractivity contribution in [2.45, 2.75) is 13.8 Å². The summed E-state index contributed by atoms with van der Waals surface area (Å²) in [5, 5.41) is 0. The summed E-state index contributed by atoms with van der Waals surface area (Å²) >= 11 is 0. The molecule has 3 heteroatoms. The molecule has 0 aliphatic rings. The van der Waals surface area contributed by atoms with E-state index < -0.39 is 0 Å². The minimum Gasteiger partial charge on any atom is -0.316 e. The maximum absolute atomic E-state index is 2.81. The van der Waals surface area contributed by atoms with Crippen molar-refractivity contribution in [3.8, 4) is 0 Å². The summed E-state index contributed by atoms with van der Waals surface area (Å²) in [4.78, 5) is 0. The van der Waals surface area contributed by atoms with Crippen LogP contribution in [0.15, 0.2) is 11.8 Å². The molecule has 0 aromatic rings. The highest BCUT2D eigenvalue weighted by molar-refractivity contribution is 4.89. The monoisotopic (exact) mass is 115 g/mol. The molecule has 0 amide bonds. The Kier molecular flexibility index (Phi) is 4.30. The van der Waals surface area contributed by atoms with Gasteiger partial charge in [-0.1, -0.05) is 5.57 Å². The molecule has 0 aliphatic carbocycles. The van der Waals surface area contributed by atoms with Crippen molar-refractivity contribution in [1.29, 1.82) is 0 Å². The summed E-state index contributed by atoms with van der Waals surface area (Å²) in [5.74, 6) is 0. The Morgan fingerprint density at radius 2 is 2.00 bits per heavy atom. The smallest absolute Gasteiger partial charge is 0.0125 e. The van der Waals surface area contributed by atoms with Gasteiger partial charge in [0, 0.05) is 13.2 Å².